The highest BCUT2D eigenvalue weighted by atomic mass is 19.1. The van der Waals surface area contributed by atoms with Gasteiger partial charge in [-0.1, -0.05) is 64.3 Å². The number of hydrogen-bond donors (Lipinski definition) is 3. The zero-order chi connectivity index (χ0) is 26.6. The van der Waals surface area contributed by atoms with Gasteiger partial charge in [-0.2, -0.15) is 0 Å². The van der Waals surface area contributed by atoms with Crippen LogP contribution in [0, 0.1) is 11.6 Å². The highest BCUT2D eigenvalue weighted by molar-refractivity contribution is 5.68. The van der Waals surface area contributed by atoms with E-state index in [2.05, 4.69) is 55.7 Å². The average molecular weight is 515 g/mol. The lowest BCUT2D eigenvalue weighted by molar-refractivity contribution is 0.0893. The van der Waals surface area contributed by atoms with Crippen LogP contribution in [-0.2, 0) is 22.1 Å². The largest absolute Gasteiger partial charge is 0.446 e. The van der Waals surface area contributed by atoms with Crippen LogP contribution in [0.3, 0.4) is 0 Å². The van der Waals surface area contributed by atoms with Gasteiger partial charge in [0.15, 0.2) is 0 Å². The zero-order valence-corrected chi connectivity index (χ0v) is 22.2. The molecule has 5 nitrogen and oxygen atoms in total. The van der Waals surface area contributed by atoms with Gasteiger partial charge in [0.25, 0.3) is 0 Å². The fourth-order valence-corrected chi connectivity index (χ4v) is 5.24. The molecule has 2 aromatic rings. The molecule has 3 N–H and O–H groups in total. The van der Waals surface area contributed by atoms with Crippen molar-refractivity contribution in [1.82, 2.24) is 10.6 Å². The van der Waals surface area contributed by atoms with Crippen LogP contribution in [0.15, 0.2) is 42.5 Å². The molecule has 0 saturated heterocycles. The van der Waals surface area contributed by atoms with Crippen molar-refractivity contribution in [3.8, 4) is 0 Å². The van der Waals surface area contributed by atoms with Crippen molar-refractivity contribution in [1.29, 1.82) is 0 Å². The van der Waals surface area contributed by atoms with E-state index in [-0.39, 0.29) is 30.0 Å². The van der Waals surface area contributed by atoms with E-state index in [9.17, 15) is 18.7 Å². The SMILES string of the molecule is CC(C)(C)c1cccc(C2(NCC(O)C(Cc3cc(F)cc(F)c3)NC(=O)OC3CC3)CCCCC2)c1. The van der Waals surface area contributed by atoms with E-state index < -0.39 is 29.9 Å². The van der Waals surface area contributed by atoms with Crippen LogP contribution in [0.4, 0.5) is 13.6 Å². The van der Waals surface area contributed by atoms with E-state index in [1.54, 1.807) is 0 Å². The molecule has 2 saturated carbocycles. The van der Waals surface area contributed by atoms with Gasteiger partial charge >= 0.3 is 6.09 Å². The molecule has 0 aromatic heterocycles. The molecule has 2 atom stereocenters. The van der Waals surface area contributed by atoms with Crippen LogP contribution in [0.1, 0.15) is 82.4 Å². The highest BCUT2D eigenvalue weighted by Crippen LogP contribution is 2.38. The van der Waals surface area contributed by atoms with E-state index >= 15 is 0 Å². The highest BCUT2D eigenvalue weighted by Gasteiger charge is 2.36. The normalized spacial score (nSPS) is 19.2. The van der Waals surface area contributed by atoms with Crippen molar-refractivity contribution in [3.63, 3.8) is 0 Å². The number of aliphatic hydroxyl groups excluding tert-OH is 1. The summed E-state index contributed by atoms with van der Waals surface area (Å²) >= 11 is 0. The van der Waals surface area contributed by atoms with Crippen LogP contribution in [0.2, 0.25) is 0 Å². The van der Waals surface area contributed by atoms with Crippen LogP contribution in [-0.4, -0.2) is 36.0 Å². The Kier molecular flexibility index (Phi) is 8.54. The molecule has 0 radical (unpaired) electrons. The molecule has 0 heterocycles. The number of nitrogens with one attached hydrogen (secondary N) is 2. The average Bonchev–Trinajstić information content (AvgIpc) is 3.65. The van der Waals surface area contributed by atoms with E-state index in [0.29, 0.717) is 5.56 Å². The minimum atomic E-state index is -0.998. The first kappa shape index (κ1) is 27.5. The van der Waals surface area contributed by atoms with Gasteiger partial charge in [-0.15, -0.1) is 0 Å². The van der Waals surface area contributed by atoms with Gasteiger partial charge in [0, 0.05) is 18.2 Å². The molecule has 4 rings (SSSR count). The molecule has 37 heavy (non-hydrogen) atoms. The summed E-state index contributed by atoms with van der Waals surface area (Å²) in [6.07, 6.45) is 5.26. The van der Waals surface area contributed by atoms with Crippen LogP contribution in [0.5, 0.6) is 0 Å². The standard InChI is InChI=1S/C30H40F2N2O3/c1-29(2,3)21-8-7-9-22(17-21)30(12-5-4-6-13-30)33-19-27(35)26(34-28(36)37-25-10-11-25)16-20-14-23(31)18-24(32)15-20/h7-9,14-15,17-18,25-27,33,35H,4-6,10-13,16,19H2,1-3H3,(H,34,36). The first-order valence-electron chi connectivity index (χ1n) is 13.5. The van der Waals surface area contributed by atoms with Crippen molar-refractivity contribution in [3.05, 3.63) is 70.8 Å². The second-order valence-corrected chi connectivity index (χ2v) is 11.8. The van der Waals surface area contributed by atoms with Crippen molar-refractivity contribution in [2.75, 3.05) is 6.54 Å². The maximum Gasteiger partial charge on any atom is 0.407 e. The predicted molar refractivity (Wildman–Crippen MR) is 140 cm³/mol. The van der Waals surface area contributed by atoms with Crippen molar-refractivity contribution in [2.24, 2.45) is 0 Å². The summed E-state index contributed by atoms with van der Waals surface area (Å²) in [5.41, 5.74) is 2.55. The fraction of sp³-hybridized carbons (Fsp3) is 0.567. The smallest absolute Gasteiger partial charge is 0.407 e. The summed E-state index contributed by atoms with van der Waals surface area (Å²) in [5.74, 6) is -1.39. The molecule has 0 spiro atoms. The second-order valence-electron chi connectivity index (χ2n) is 11.8. The Labute approximate surface area is 219 Å². The summed E-state index contributed by atoms with van der Waals surface area (Å²) in [6, 6.07) is 11.2. The molecule has 2 unspecified atom stereocenters. The Bertz CT molecular complexity index is 1050. The summed E-state index contributed by atoms with van der Waals surface area (Å²) in [4.78, 5) is 12.4. The first-order chi connectivity index (χ1) is 17.5. The lowest BCUT2D eigenvalue weighted by atomic mass is 9.74. The molecule has 7 heteroatoms. The van der Waals surface area contributed by atoms with E-state index in [1.807, 2.05) is 0 Å². The Morgan fingerprint density at radius 1 is 1.08 bits per heavy atom. The lowest BCUT2D eigenvalue weighted by Crippen LogP contribution is -2.53. The van der Waals surface area contributed by atoms with Gasteiger partial charge < -0.3 is 20.5 Å². The molecule has 0 bridgehead atoms. The lowest BCUT2D eigenvalue weighted by Gasteiger charge is -2.41. The maximum absolute atomic E-state index is 13.8. The Morgan fingerprint density at radius 2 is 1.76 bits per heavy atom. The summed E-state index contributed by atoms with van der Waals surface area (Å²) in [5, 5.41) is 17.7. The van der Waals surface area contributed by atoms with Crippen LogP contribution in [0.25, 0.3) is 0 Å². The molecular weight excluding hydrogens is 474 g/mol. The molecule has 2 aliphatic carbocycles. The zero-order valence-electron chi connectivity index (χ0n) is 22.2. The molecule has 0 aliphatic heterocycles. The number of rotatable bonds is 9. The molecule has 1 amide bonds. The second kappa shape index (κ2) is 11.5. The van der Waals surface area contributed by atoms with E-state index in [4.69, 9.17) is 4.74 Å². The summed E-state index contributed by atoms with van der Waals surface area (Å²) in [7, 11) is 0. The van der Waals surface area contributed by atoms with Crippen LogP contribution >= 0.6 is 0 Å². The van der Waals surface area contributed by atoms with Crippen molar-refractivity contribution >= 4 is 6.09 Å². The van der Waals surface area contributed by atoms with E-state index in [1.165, 1.54) is 29.7 Å². The number of carbonyl (C=O) groups is 1. The monoisotopic (exact) mass is 514 g/mol. The number of ether oxygens (including phenoxy) is 1. The Balaban J connectivity index is 1.52. The minimum absolute atomic E-state index is 0.0164. The third-order valence-electron chi connectivity index (χ3n) is 7.58. The van der Waals surface area contributed by atoms with Gasteiger partial charge in [-0.25, -0.2) is 13.6 Å². The quantitative estimate of drug-likeness (QED) is 0.391. The molecule has 2 fully saturated rings. The van der Waals surface area contributed by atoms with E-state index in [0.717, 1.165) is 44.6 Å². The molecule has 2 aliphatic rings. The number of hydrogen-bond acceptors (Lipinski definition) is 4. The third-order valence-corrected chi connectivity index (χ3v) is 7.58. The third kappa shape index (κ3) is 7.51. The molecular formula is C30H40F2N2O3. The topological polar surface area (TPSA) is 70.6 Å². The number of benzene rings is 2. The van der Waals surface area contributed by atoms with Crippen molar-refractivity contribution in [2.45, 2.75) is 101 Å². The van der Waals surface area contributed by atoms with Gasteiger partial charge in [0.2, 0.25) is 0 Å². The van der Waals surface area contributed by atoms with Gasteiger partial charge in [0.1, 0.15) is 17.7 Å². The molecule has 2 aromatic carbocycles. The van der Waals surface area contributed by atoms with Gasteiger partial charge in [-0.3, -0.25) is 0 Å². The maximum atomic E-state index is 13.8. The first-order valence-corrected chi connectivity index (χ1v) is 13.5. The van der Waals surface area contributed by atoms with Gasteiger partial charge in [-0.05, 0) is 66.3 Å². The number of amides is 1. The minimum Gasteiger partial charge on any atom is -0.446 e. The number of aliphatic hydroxyl groups is 1. The number of alkyl carbamates (subject to hydrolysis) is 1. The Morgan fingerprint density at radius 3 is 2.38 bits per heavy atom. The van der Waals surface area contributed by atoms with Crippen LogP contribution < -0.4 is 10.6 Å². The molecule has 202 valence electrons. The summed E-state index contributed by atoms with van der Waals surface area (Å²) in [6.45, 7) is 6.81. The predicted octanol–water partition coefficient (Wildman–Crippen LogP) is 5.87. The number of carbonyl (C=O) groups excluding carboxylic acids is 1. The Hall–Kier alpha value is -2.51. The number of halogens is 2. The fourth-order valence-electron chi connectivity index (χ4n) is 5.24. The van der Waals surface area contributed by atoms with Crippen molar-refractivity contribution < 1.29 is 23.4 Å². The summed E-state index contributed by atoms with van der Waals surface area (Å²) < 4.78 is 33.0. The van der Waals surface area contributed by atoms with Gasteiger partial charge in [0.05, 0.1) is 12.1 Å².